The molecule has 0 aliphatic rings. The van der Waals surface area contributed by atoms with Crippen LogP contribution in [0.15, 0.2) is 0 Å². The van der Waals surface area contributed by atoms with E-state index in [0.717, 1.165) is 69.6 Å². The molecule has 6 nitrogen and oxygen atoms in total. The fourth-order valence-electron chi connectivity index (χ4n) is 8.17. The van der Waals surface area contributed by atoms with Crippen molar-refractivity contribution in [1.29, 1.82) is 0 Å². The van der Waals surface area contributed by atoms with Crippen LogP contribution in [0.25, 0.3) is 0 Å². The van der Waals surface area contributed by atoms with E-state index in [4.69, 9.17) is 14.2 Å². The average molecular weight is 849 g/mol. The van der Waals surface area contributed by atoms with Crippen molar-refractivity contribution < 1.29 is 28.6 Å². The van der Waals surface area contributed by atoms with Gasteiger partial charge in [0.1, 0.15) is 13.2 Å². The highest BCUT2D eigenvalue weighted by Gasteiger charge is 2.19. The Balaban J connectivity index is 4.20. The van der Waals surface area contributed by atoms with E-state index >= 15 is 0 Å². The van der Waals surface area contributed by atoms with E-state index in [2.05, 4.69) is 34.6 Å². The molecular formula is C54H104O6. The van der Waals surface area contributed by atoms with E-state index in [1.54, 1.807) is 0 Å². The molecule has 60 heavy (non-hydrogen) atoms. The number of ether oxygens (including phenoxy) is 3. The van der Waals surface area contributed by atoms with Gasteiger partial charge in [-0.3, -0.25) is 14.4 Å². The summed E-state index contributed by atoms with van der Waals surface area (Å²) in [6.07, 6.45) is 48.3. The highest BCUT2D eigenvalue weighted by molar-refractivity contribution is 5.71. The second kappa shape index (κ2) is 46.9. The summed E-state index contributed by atoms with van der Waals surface area (Å²) in [7, 11) is 0. The number of hydrogen-bond donors (Lipinski definition) is 0. The summed E-state index contributed by atoms with van der Waals surface area (Å²) in [5.41, 5.74) is 0. The molecule has 6 heteroatoms. The van der Waals surface area contributed by atoms with Crippen LogP contribution in [0.1, 0.15) is 298 Å². The van der Waals surface area contributed by atoms with Crippen molar-refractivity contribution in [3.63, 3.8) is 0 Å². The minimum atomic E-state index is -0.762. The van der Waals surface area contributed by atoms with Crippen LogP contribution in [0.4, 0.5) is 0 Å². The highest BCUT2D eigenvalue weighted by atomic mass is 16.6. The summed E-state index contributed by atoms with van der Waals surface area (Å²) in [6, 6.07) is 0. The van der Waals surface area contributed by atoms with E-state index < -0.39 is 6.10 Å². The first-order valence-corrected chi connectivity index (χ1v) is 26.7. The number of hydrogen-bond acceptors (Lipinski definition) is 6. The molecule has 0 aromatic carbocycles. The van der Waals surface area contributed by atoms with Crippen LogP contribution in [0, 0.1) is 11.8 Å². The predicted octanol–water partition coefficient (Wildman–Crippen LogP) is 17.3. The maximum absolute atomic E-state index is 12.7. The molecule has 0 rings (SSSR count). The second-order valence-electron chi connectivity index (χ2n) is 19.5. The molecular weight excluding hydrogens is 745 g/mol. The van der Waals surface area contributed by atoms with Gasteiger partial charge < -0.3 is 14.2 Å². The Morgan fingerprint density at radius 3 is 0.817 bits per heavy atom. The van der Waals surface area contributed by atoms with Crippen LogP contribution in [0.2, 0.25) is 0 Å². The zero-order valence-electron chi connectivity index (χ0n) is 41.1. The number of carbonyl (C=O) groups is 3. The molecule has 0 saturated carbocycles. The van der Waals surface area contributed by atoms with E-state index in [0.29, 0.717) is 19.3 Å². The Morgan fingerprint density at radius 2 is 0.550 bits per heavy atom. The maximum Gasteiger partial charge on any atom is 0.306 e. The molecule has 0 aromatic rings. The molecule has 0 heterocycles. The fourth-order valence-corrected chi connectivity index (χ4v) is 8.17. The van der Waals surface area contributed by atoms with Crippen molar-refractivity contribution in [2.24, 2.45) is 11.8 Å². The lowest BCUT2D eigenvalue weighted by Gasteiger charge is -2.18. The second-order valence-corrected chi connectivity index (χ2v) is 19.5. The quantitative estimate of drug-likeness (QED) is 0.0345. The largest absolute Gasteiger partial charge is 0.462 e. The van der Waals surface area contributed by atoms with E-state index in [1.807, 2.05) is 0 Å². The minimum Gasteiger partial charge on any atom is -0.462 e. The Hall–Kier alpha value is -1.59. The molecule has 356 valence electrons. The lowest BCUT2D eigenvalue weighted by atomic mass is 10.0. The van der Waals surface area contributed by atoms with Gasteiger partial charge in [-0.1, -0.05) is 259 Å². The van der Waals surface area contributed by atoms with Crippen molar-refractivity contribution >= 4 is 17.9 Å². The van der Waals surface area contributed by atoms with Gasteiger partial charge in [0.2, 0.25) is 0 Å². The number of unbranched alkanes of at least 4 members (excludes halogenated alkanes) is 33. The first-order valence-electron chi connectivity index (χ1n) is 26.7. The van der Waals surface area contributed by atoms with Gasteiger partial charge in [-0.05, 0) is 31.1 Å². The van der Waals surface area contributed by atoms with Gasteiger partial charge in [0.05, 0.1) is 0 Å². The summed E-state index contributed by atoms with van der Waals surface area (Å²) in [6.45, 7) is 11.3. The summed E-state index contributed by atoms with van der Waals surface area (Å²) >= 11 is 0. The Morgan fingerprint density at radius 1 is 0.317 bits per heavy atom. The lowest BCUT2D eigenvalue weighted by Crippen LogP contribution is -2.30. The van der Waals surface area contributed by atoms with Crippen LogP contribution in [0.3, 0.4) is 0 Å². The third-order valence-electron chi connectivity index (χ3n) is 12.2. The van der Waals surface area contributed by atoms with Gasteiger partial charge >= 0.3 is 17.9 Å². The van der Waals surface area contributed by atoms with Gasteiger partial charge in [0.25, 0.3) is 0 Å². The maximum atomic E-state index is 12.7. The van der Waals surface area contributed by atoms with Gasteiger partial charge in [0, 0.05) is 19.3 Å². The van der Waals surface area contributed by atoms with Crippen molar-refractivity contribution in [2.75, 3.05) is 13.2 Å². The van der Waals surface area contributed by atoms with Crippen LogP contribution < -0.4 is 0 Å². The third-order valence-corrected chi connectivity index (χ3v) is 12.2. The average Bonchev–Trinajstić information content (AvgIpc) is 3.22. The molecule has 0 unspecified atom stereocenters. The monoisotopic (exact) mass is 849 g/mol. The summed E-state index contributed by atoms with van der Waals surface area (Å²) in [5.74, 6) is 0.733. The third kappa shape index (κ3) is 47.5. The summed E-state index contributed by atoms with van der Waals surface area (Å²) < 4.78 is 16.8. The zero-order valence-corrected chi connectivity index (χ0v) is 41.1. The Labute approximate surface area is 374 Å². The number of rotatable bonds is 48. The molecule has 0 aliphatic carbocycles. The van der Waals surface area contributed by atoms with Gasteiger partial charge in [-0.2, -0.15) is 0 Å². The number of carbonyl (C=O) groups excluding carboxylic acids is 3. The van der Waals surface area contributed by atoms with Crippen LogP contribution >= 0.6 is 0 Å². The standard InChI is InChI=1S/C54H104O6/c1-6-7-8-9-10-11-12-13-14-15-16-17-18-19-22-25-28-34-39-44-52(55)58-47-51(60-54(57)46-41-36-31-30-33-38-43-50(4)5)48-59-53(56)45-40-35-29-26-23-20-21-24-27-32-37-42-49(2)3/h49-51H,6-48H2,1-5H3/t51-/m1/s1. The zero-order chi connectivity index (χ0) is 44.0. The molecule has 0 N–H and O–H groups in total. The van der Waals surface area contributed by atoms with Gasteiger partial charge in [-0.25, -0.2) is 0 Å². The molecule has 0 radical (unpaired) electrons. The summed E-state index contributed by atoms with van der Waals surface area (Å²) in [5, 5.41) is 0. The fraction of sp³-hybridized carbons (Fsp3) is 0.944. The lowest BCUT2D eigenvalue weighted by molar-refractivity contribution is -0.167. The van der Waals surface area contributed by atoms with E-state index in [-0.39, 0.29) is 31.1 Å². The number of esters is 3. The molecule has 0 bridgehead atoms. The smallest absolute Gasteiger partial charge is 0.306 e. The van der Waals surface area contributed by atoms with Crippen molar-refractivity contribution in [2.45, 2.75) is 304 Å². The van der Waals surface area contributed by atoms with Crippen LogP contribution in [0.5, 0.6) is 0 Å². The SMILES string of the molecule is CCCCCCCCCCCCCCCCCCCCCC(=O)OC[C@H](COC(=O)CCCCCCCCCCCCCC(C)C)OC(=O)CCCCCCCCC(C)C. The van der Waals surface area contributed by atoms with Gasteiger partial charge in [0.15, 0.2) is 6.10 Å². The van der Waals surface area contributed by atoms with E-state index in [9.17, 15) is 14.4 Å². The Kier molecular flexibility index (Phi) is 45.7. The molecule has 0 aromatic heterocycles. The Bertz CT molecular complexity index is 916. The predicted molar refractivity (Wildman–Crippen MR) is 256 cm³/mol. The normalized spacial score (nSPS) is 12.1. The first kappa shape index (κ1) is 58.4. The van der Waals surface area contributed by atoms with Crippen molar-refractivity contribution in [3.8, 4) is 0 Å². The first-order chi connectivity index (χ1) is 29.2. The topological polar surface area (TPSA) is 78.9 Å². The van der Waals surface area contributed by atoms with Crippen LogP contribution in [-0.4, -0.2) is 37.2 Å². The van der Waals surface area contributed by atoms with Gasteiger partial charge in [-0.15, -0.1) is 0 Å². The van der Waals surface area contributed by atoms with Crippen LogP contribution in [-0.2, 0) is 28.6 Å². The van der Waals surface area contributed by atoms with Crippen molar-refractivity contribution in [3.05, 3.63) is 0 Å². The molecule has 0 amide bonds. The molecule has 0 saturated heterocycles. The molecule has 1 atom stereocenters. The molecule has 0 aliphatic heterocycles. The van der Waals surface area contributed by atoms with Crippen molar-refractivity contribution in [1.82, 2.24) is 0 Å². The summed E-state index contributed by atoms with van der Waals surface area (Å²) in [4.78, 5) is 37.9. The molecule has 0 fully saturated rings. The minimum absolute atomic E-state index is 0.0647. The van der Waals surface area contributed by atoms with E-state index in [1.165, 1.54) is 186 Å². The highest BCUT2D eigenvalue weighted by Crippen LogP contribution is 2.17. The molecule has 0 spiro atoms.